The number of carbonyl (C=O) groups is 5. The molecule has 5 aliphatic rings. The number of fused-ring (bicyclic) bond motifs is 6. The summed E-state index contributed by atoms with van der Waals surface area (Å²) in [7, 11) is -2.38. The predicted molar refractivity (Wildman–Crippen MR) is 446 cm³/mol. The zero-order chi connectivity index (χ0) is 88.8. The van der Waals surface area contributed by atoms with Crippen molar-refractivity contribution in [2.24, 2.45) is 24.1 Å². The van der Waals surface area contributed by atoms with Crippen molar-refractivity contribution in [3.8, 4) is 40.2 Å². The number of imidazole rings is 2. The Balaban J connectivity index is 0.556. The molecule has 0 radical (unpaired) electrons. The Morgan fingerprint density at radius 2 is 1.10 bits per heavy atom. The maximum absolute atomic E-state index is 14.6. The summed E-state index contributed by atoms with van der Waals surface area (Å²) in [6.07, 6.45) is 3.76. The van der Waals surface area contributed by atoms with E-state index in [-0.39, 0.29) is 208 Å². The van der Waals surface area contributed by atoms with Crippen molar-refractivity contribution in [3.63, 3.8) is 0 Å². The molecule has 4 N–H and O–H groups in total. The average Bonchev–Trinajstić information content (AvgIpc) is 1.61. The number of aliphatic hydroxyl groups excluding tert-OH is 4. The molecule has 5 aromatic carbocycles. The molecule has 0 bridgehead atoms. The molecule has 1 fully saturated rings. The van der Waals surface area contributed by atoms with Gasteiger partial charge in [0.15, 0.2) is 61.7 Å². The minimum Gasteiger partial charge on any atom is -0.493 e. The molecule has 0 spiro atoms. The van der Waals surface area contributed by atoms with E-state index in [9.17, 15) is 61.2 Å². The molecule has 4 aromatic heterocycles. The van der Waals surface area contributed by atoms with Crippen LogP contribution in [0.25, 0.3) is 0 Å². The van der Waals surface area contributed by atoms with E-state index < -0.39 is 80.6 Å². The summed E-state index contributed by atoms with van der Waals surface area (Å²) in [6, 6.07) is 21.2. The Hall–Kier alpha value is -11.8. The van der Waals surface area contributed by atoms with Gasteiger partial charge in [-0.25, -0.2) is 23.1 Å². The number of benzene rings is 5. The highest BCUT2D eigenvalue weighted by Gasteiger charge is 2.46. The number of ketones is 3. The zero-order valence-electron chi connectivity index (χ0n) is 69.7. The standard InChI is InChI=1S/C86H96N12O26S2/c1-52-10-13-62(14-11-52)125(108,109)27-16-73(102)57-31-56(39-87-40-57)72(101)9-7-19-115-25-26-118-49-58-43-96(93-92-58)17-20-116-22-24-117-23-21-114-18-6-8-71(100)55-12-15-74(121-86-83(105)82(104)81(103)80(46-99)122-86)79(32-55)124-126(110,111)123-61-29-53(47-119-77-37-65-63(35-75(77)112-4)84(106)97-44-67-69(94(2)50-90-67)33-59(97)41-88-65)28-54(30-61)48-120-78-38-66-64(36-76(78)113-5)85(107)98-45-68-70(95(3)51-91-68)34-60(98)42-89-66/h10-15,28-32,35-43,50-51,59-60,80-83,86,99,103-105H,6-9,16-27,33-34,44-49H2,1-5H3/t59-,60?,80+,81-,82-,83+,86?/m0/s1. The zero-order valence-corrected chi connectivity index (χ0v) is 71.3. The molecule has 2 unspecified atom stereocenters. The van der Waals surface area contributed by atoms with Gasteiger partial charge in [-0.2, -0.15) is 0 Å². The van der Waals surface area contributed by atoms with E-state index in [1.165, 1.54) is 75.1 Å². The number of hydrogen-bond donors (Lipinski definition) is 4. The fraction of sp³-hybridized carbons (Fsp3) is 0.419. The molecule has 0 saturated carbocycles. The van der Waals surface area contributed by atoms with Crippen molar-refractivity contribution in [1.82, 2.24) is 48.9 Å². The van der Waals surface area contributed by atoms with E-state index in [1.54, 1.807) is 76.1 Å². The number of aliphatic hydroxyl groups is 4. The number of pyridine rings is 1. The van der Waals surface area contributed by atoms with Crippen molar-refractivity contribution in [2.45, 2.75) is 139 Å². The van der Waals surface area contributed by atoms with Gasteiger partial charge in [0.2, 0.25) is 6.29 Å². The van der Waals surface area contributed by atoms with Crippen LogP contribution in [0.15, 0.2) is 137 Å². The number of hydrogen-bond acceptors (Lipinski definition) is 33. The van der Waals surface area contributed by atoms with E-state index in [2.05, 4.69) is 25.3 Å². The summed E-state index contributed by atoms with van der Waals surface area (Å²) in [5.74, 6) is -2.88. The highest BCUT2D eigenvalue weighted by atomic mass is 32.3. The second kappa shape index (κ2) is 41.1. The van der Waals surface area contributed by atoms with Gasteiger partial charge in [-0.3, -0.25) is 38.9 Å². The summed E-state index contributed by atoms with van der Waals surface area (Å²) >= 11 is 0. The molecule has 668 valence electrons. The lowest BCUT2D eigenvalue weighted by molar-refractivity contribution is -0.277. The van der Waals surface area contributed by atoms with E-state index in [4.69, 9.17) is 70.5 Å². The lowest BCUT2D eigenvalue weighted by Crippen LogP contribution is -2.60. The Bertz CT molecular complexity index is 5580. The van der Waals surface area contributed by atoms with Gasteiger partial charge in [0.05, 0.1) is 169 Å². The largest absolute Gasteiger partial charge is 0.501 e. The summed E-state index contributed by atoms with van der Waals surface area (Å²) in [4.78, 5) is 94.4. The molecule has 38 nitrogen and oxygen atoms in total. The average molecular weight is 1780 g/mol. The minimum absolute atomic E-state index is 0.0621. The normalized spacial score (nSPS) is 18.3. The van der Waals surface area contributed by atoms with E-state index >= 15 is 0 Å². The van der Waals surface area contributed by atoms with Crippen molar-refractivity contribution in [3.05, 3.63) is 195 Å². The Labute approximate surface area is 724 Å². The molecule has 40 heteroatoms. The number of methoxy groups -OCH3 is 2. The van der Waals surface area contributed by atoms with Crippen LogP contribution in [0.2, 0.25) is 0 Å². The first-order valence-electron chi connectivity index (χ1n) is 40.7. The fourth-order valence-corrected chi connectivity index (χ4v) is 16.7. The van der Waals surface area contributed by atoms with Crippen LogP contribution < -0.4 is 32.1 Å². The van der Waals surface area contributed by atoms with Gasteiger partial charge < -0.3 is 99.8 Å². The molecule has 2 amide bonds. The number of carbonyl (C=O) groups excluding carboxylic acids is 5. The van der Waals surface area contributed by atoms with Crippen LogP contribution in [0, 0.1) is 6.92 Å². The second-order valence-electron chi connectivity index (χ2n) is 30.4. The lowest BCUT2D eigenvalue weighted by Gasteiger charge is -2.39. The summed E-state index contributed by atoms with van der Waals surface area (Å²) < 4.78 is 136. The van der Waals surface area contributed by atoms with Gasteiger partial charge in [0, 0.05) is 124 Å². The van der Waals surface area contributed by atoms with Crippen molar-refractivity contribution < 1.29 is 122 Å². The molecule has 14 rings (SSSR count). The fourth-order valence-electron chi connectivity index (χ4n) is 14.7. The van der Waals surface area contributed by atoms with Crippen molar-refractivity contribution in [2.75, 3.05) is 86.0 Å². The molecule has 7 atom stereocenters. The van der Waals surface area contributed by atoms with Crippen LogP contribution in [0.1, 0.15) is 129 Å². The smallest absolute Gasteiger partial charge is 0.493 e. The van der Waals surface area contributed by atoms with Crippen LogP contribution in [-0.2, 0) is 115 Å². The third kappa shape index (κ3) is 22.2. The number of ether oxygens (including phenoxy) is 11. The third-order valence-electron chi connectivity index (χ3n) is 21.6. The van der Waals surface area contributed by atoms with Gasteiger partial charge in [-0.15, -0.1) is 13.5 Å². The van der Waals surface area contributed by atoms with Gasteiger partial charge in [-0.1, -0.05) is 22.9 Å². The van der Waals surface area contributed by atoms with E-state index in [0.29, 0.717) is 60.6 Å². The van der Waals surface area contributed by atoms with Crippen LogP contribution in [0.3, 0.4) is 0 Å². The maximum atomic E-state index is 14.6. The number of Topliss-reactive ketones (excluding diaryl/α,β-unsaturated/α-hetero) is 3. The van der Waals surface area contributed by atoms with Gasteiger partial charge in [0.25, 0.3) is 11.8 Å². The number of aryl methyl sites for hydroxylation is 3. The van der Waals surface area contributed by atoms with Crippen LogP contribution >= 0.6 is 0 Å². The molecule has 1 saturated heterocycles. The molecule has 126 heavy (non-hydrogen) atoms. The molecule has 9 heterocycles. The Morgan fingerprint density at radius 3 is 1.66 bits per heavy atom. The van der Waals surface area contributed by atoms with Gasteiger partial charge in [-0.05, 0) is 97.6 Å². The predicted octanol–water partition coefficient (Wildman–Crippen LogP) is 6.03. The highest BCUT2D eigenvalue weighted by Crippen LogP contribution is 2.43. The Kier molecular flexibility index (Phi) is 29.5. The lowest BCUT2D eigenvalue weighted by atomic mass is 9.99. The van der Waals surface area contributed by atoms with Gasteiger partial charge in [0.1, 0.15) is 49.1 Å². The monoisotopic (exact) mass is 1780 g/mol. The molecular weight excluding hydrogens is 1680 g/mol. The molecule has 5 aliphatic heterocycles. The first-order chi connectivity index (χ1) is 60.8. The van der Waals surface area contributed by atoms with E-state index in [1.807, 2.05) is 30.2 Å². The number of aromatic nitrogens is 8. The second-order valence-corrected chi connectivity index (χ2v) is 33.7. The number of sulfone groups is 1. The Morgan fingerprint density at radius 1 is 0.556 bits per heavy atom. The van der Waals surface area contributed by atoms with Crippen molar-refractivity contribution >= 4 is 73.2 Å². The maximum Gasteiger partial charge on any atom is 0.501 e. The minimum atomic E-state index is -5.32. The first-order valence-corrected chi connectivity index (χ1v) is 43.7. The summed E-state index contributed by atoms with van der Waals surface area (Å²) in [5.41, 5.74) is 7.10. The molecule has 9 aromatic rings. The topological polar surface area (TPSA) is 465 Å². The van der Waals surface area contributed by atoms with Crippen molar-refractivity contribution in [1.29, 1.82) is 0 Å². The SMILES string of the molecule is COc1cc2c(cc1OCc1cc(COc3cc4c(cc3OC)C(=O)N3Cc5ncn(C)c5C[C@H]3C=N4)cc(OS(=O)(=O)Oc3cc(C(=O)CCCOCCOCCOCCn4cc(COCCOCCCC(=O)c5cncc(C(=O)CCS(=O)(=O)c6ccc(C)cc6)c5)nn4)ccc3OC3O[C@H](CO)[C@H](O)[C@H](O)[C@H]3O)c1)N=CC1Cc3c(ncn3C)CN1C2=O. The quantitative estimate of drug-likeness (QED) is 0.0250. The number of nitrogens with zero attached hydrogens (tertiary/aromatic N) is 12. The summed E-state index contributed by atoms with van der Waals surface area (Å²) in [5, 5.41) is 50.6. The molecule has 0 aliphatic carbocycles. The third-order valence-corrected chi connectivity index (χ3v) is 24.1. The number of aliphatic imine (C=N–C) groups is 2. The van der Waals surface area contributed by atoms with Crippen LogP contribution in [0.5, 0.6) is 40.2 Å². The van der Waals surface area contributed by atoms with Crippen LogP contribution in [0.4, 0.5) is 11.4 Å². The van der Waals surface area contributed by atoms with Crippen LogP contribution in [-0.4, -0.2) is 257 Å². The van der Waals surface area contributed by atoms with Gasteiger partial charge >= 0.3 is 10.4 Å². The highest BCUT2D eigenvalue weighted by molar-refractivity contribution is 7.91. The van der Waals surface area contributed by atoms with E-state index in [0.717, 1.165) is 40.5 Å². The number of rotatable bonds is 44. The first kappa shape index (κ1) is 90.4. The summed E-state index contributed by atoms with van der Waals surface area (Å²) in [6.45, 7) is 3.72. The number of amides is 2. The molecular formula is C86H96N12O26S2.